The minimum absolute atomic E-state index is 0.0864. The van der Waals surface area contributed by atoms with E-state index in [9.17, 15) is 4.79 Å². The molecule has 124 valence electrons. The molecule has 1 N–H and O–H groups in total. The molecule has 5 nitrogen and oxygen atoms in total. The van der Waals surface area contributed by atoms with Crippen LogP contribution in [0.3, 0.4) is 0 Å². The molecule has 2 rings (SSSR count). The number of carbonyl (C=O) groups excluding carboxylic acids is 1. The molecule has 0 spiro atoms. The topological polar surface area (TPSA) is 56.1 Å². The summed E-state index contributed by atoms with van der Waals surface area (Å²) in [4.78, 5) is 15.7. The number of nitrogens with one attached hydrogen (secondary N) is 1. The molecular weight excluding hydrogens is 358 g/mol. The summed E-state index contributed by atoms with van der Waals surface area (Å²) < 4.78 is 8.61. The fourth-order valence-electron chi connectivity index (χ4n) is 2.13. The molecule has 2 aromatic rings. The summed E-state index contributed by atoms with van der Waals surface area (Å²) in [6.45, 7) is 2.20. The molecule has 0 saturated carbocycles. The normalized spacial score (nSPS) is 10.5. The van der Waals surface area contributed by atoms with Crippen molar-refractivity contribution in [2.45, 2.75) is 32.2 Å². The van der Waals surface area contributed by atoms with Gasteiger partial charge in [-0.15, -0.1) is 0 Å². The van der Waals surface area contributed by atoms with E-state index >= 15 is 0 Å². The van der Waals surface area contributed by atoms with E-state index in [2.05, 4.69) is 26.2 Å². The van der Waals surface area contributed by atoms with Crippen LogP contribution < -0.4 is 10.1 Å². The Hall–Kier alpha value is -1.82. The lowest BCUT2D eigenvalue weighted by atomic mass is 10.2. The van der Waals surface area contributed by atoms with E-state index in [1.165, 1.54) is 0 Å². The van der Waals surface area contributed by atoms with E-state index in [0.717, 1.165) is 36.2 Å². The second-order valence-corrected chi connectivity index (χ2v) is 6.09. The molecule has 1 aromatic carbocycles. The van der Waals surface area contributed by atoms with Gasteiger partial charge < -0.3 is 14.6 Å². The third kappa shape index (κ3) is 6.86. The van der Waals surface area contributed by atoms with Crippen LogP contribution in [0.1, 0.15) is 25.7 Å². The maximum Gasteiger partial charge on any atom is 0.220 e. The molecule has 1 aromatic heterocycles. The van der Waals surface area contributed by atoms with Gasteiger partial charge in [0.05, 0.1) is 17.4 Å². The fraction of sp³-hybridized carbons (Fsp3) is 0.412. The number of nitrogens with zero attached hydrogens (tertiary/aromatic N) is 2. The van der Waals surface area contributed by atoms with Gasteiger partial charge in [-0.3, -0.25) is 4.79 Å². The number of rotatable bonds is 10. The summed E-state index contributed by atoms with van der Waals surface area (Å²) in [6, 6.07) is 7.71. The summed E-state index contributed by atoms with van der Waals surface area (Å²) in [7, 11) is 0. The quantitative estimate of drug-likeness (QED) is 0.643. The Morgan fingerprint density at radius 1 is 1.26 bits per heavy atom. The first kappa shape index (κ1) is 17.5. The lowest BCUT2D eigenvalue weighted by Crippen LogP contribution is -2.24. The SMILES string of the molecule is O=C(CCCOc1ccccc1Br)NCCCCn1ccnc1. The number of ether oxygens (including phenoxy) is 1. The van der Waals surface area contributed by atoms with Crippen LogP contribution in [0, 0.1) is 0 Å². The number of hydrogen-bond acceptors (Lipinski definition) is 3. The smallest absolute Gasteiger partial charge is 0.220 e. The second kappa shape index (κ2) is 10.0. The van der Waals surface area contributed by atoms with E-state index in [1.54, 1.807) is 6.20 Å². The number of halogens is 1. The molecule has 0 atom stereocenters. The number of para-hydroxylation sites is 1. The first-order chi connectivity index (χ1) is 11.3. The Kier molecular flexibility index (Phi) is 7.66. The molecule has 0 unspecified atom stereocenters. The van der Waals surface area contributed by atoms with Crippen molar-refractivity contribution in [2.75, 3.05) is 13.2 Å². The molecule has 0 bridgehead atoms. The highest BCUT2D eigenvalue weighted by molar-refractivity contribution is 9.10. The summed E-state index contributed by atoms with van der Waals surface area (Å²) in [5.74, 6) is 0.899. The fourth-order valence-corrected chi connectivity index (χ4v) is 2.53. The van der Waals surface area contributed by atoms with Gasteiger partial charge in [-0.25, -0.2) is 4.98 Å². The molecule has 0 aliphatic heterocycles. The standard InChI is InChI=1S/C17H22BrN3O2/c18-15-6-1-2-7-16(15)23-13-5-8-17(22)20-9-3-4-11-21-12-10-19-14-21/h1-2,6-7,10,12,14H,3-5,8-9,11,13H2,(H,20,22). The molecule has 23 heavy (non-hydrogen) atoms. The minimum atomic E-state index is 0.0864. The first-order valence-electron chi connectivity index (χ1n) is 7.85. The van der Waals surface area contributed by atoms with Crippen LogP contribution in [0.4, 0.5) is 0 Å². The molecule has 1 amide bonds. The monoisotopic (exact) mass is 379 g/mol. The van der Waals surface area contributed by atoms with Gasteiger partial charge in [0.15, 0.2) is 0 Å². The number of imidazole rings is 1. The summed E-state index contributed by atoms with van der Waals surface area (Å²) in [5.41, 5.74) is 0. The van der Waals surface area contributed by atoms with E-state index in [0.29, 0.717) is 19.4 Å². The molecule has 6 heteroatoms. The highest BCUT2D eigenvalue weighted by Crippen LogP contribution is 2.23. The minimum Gasteiger partial charge on any atom is -0.492 e. The number of aryl methyl sites for hydroxylation is 1. The predicted molar refractivity (Wildman–Crippen MR) is 93.3 cm³/mol. The van der Waals surface area contributed by atoms with Crippen LogP contribution in [-0.2, 0) is 11.3 Å². The zero-order valence-electron chi connectivity index (χ0n) is 13.1. The van der Waals surface area contributed by atoms with Gasteiger partial charge in [-0.1, -0.05) is 12.1 Å². The van der Waals surface area contributed by atoms with Gasteiger partial charge >= 0.3 is 0 Å². The molecular formula is C17H22BrN3O2. The Morgan fingerprint density at radius 3 is 2.91 bits per heavy atom. The Balaban J connectivity index is 1.48. The molecule has 0 aliphatic carbocycles. The number of aromatic nitrogens is 2. The molecule has 0 aliphatic rings. The van der Waals surface area contributed by atoms with Crippen LogP contribution in [0.25, 0.3) is 0 Å². The van der Waals surface area contributed by atoms with Crippen molar-refractivity contribution in [1.29, 1.82) is 0 Å². The number of benzene rings is 1. The number of amides is 1. The zero-order chi connectivity index (χ0) is 16.3. The van der Waals surface area contributed by atoms with E-state index in [-0.39, 0.29) is 5.91 Å². The van der Waals surface area contributed by atoms with Gasteiger partial charge in [0.2, 0.25) is 5.91 Å². The lowest BCUT2D eigenvalue weighted by Gasteiger charge is -2.08. The highest BCUT2D eigenvalue weighted by atomic mass is 79.9. The average Bonchev–Trinajstić information content (AvgIpc) is 3.06. The van der Waals surface area contributed by atoms with Crippen LogP contribution in [-0.4, -0.2) is 28.6 Å². The van der Waals surface area contributed by atoms with Gasteiger partial charge in [-0.05, 0) is 47.3 Å². The van der Waals surface area contributed by atoms with Crippen LogP contribution in [0.5, 0.6) is 5.75 Å². The lowest BCUT2D eigenvalue weighted by molar-refractivity contribution is -0.121. The van der Waals surface area contributed by atoms with E-state index in [1.807, 2.05) is 41.4 Å². The Labute approximate surface area is 145 Å². The molecule has 0 fully saturated rings. The van der Waals surface area contributed by atoms with Crippen molar-refractivity contribution in [1.82, 2.24) is 14.9 Å². The largest absolute Gasteiger partial charge is 0.492 e. The van der Waals surface area contributed by atoms with Crippen molar-refractivity contribution >= 4 is 21.8 Å². The third-order valence-corrected chi connectivity index (χ3v) is 4.02. The van der Waals surface area contributed by atoms with Crippen molar-refractivity contribution in [3.8, 4) is 5.75 Å². The Morgan fingerprint density at radius 2 is 2.13 bits per heavy atom. The van der Waals surface area contributed by atoms with E-state index in [4.69, 9.17) is 4.74 Å². The second-order valence-electron chi connectivity index (χ2n) is 5.24. The van der Waals surface area contributed by atoms with Crippen molar-refractivity contribution in [2.24, 2.45) is 0 Å². The summed E-state index contributed by atoms with van der Waals surface area (Å²) in [5, 5.41) is 2.94. The van der Waals surface area contributed by atoms with E-state index < -0.39 is 0 Å². The van der Waals surface area contributed by atoms with Crippen molar-refractivity contribution < 1.29 is 9.53 Å². The first-order valence-corrected chi connectivity index (χ1v) is 8.65. The predicted octanol–water partition coefficient (Wildman–Crippen LogP) is 3.40. The Bertz CT molecular complexity index is 587. The number of unbranched alkanes of at least 4 members (excludes halogenated alkanes) is 1. The van der Waals surface area contributed by atoms with Crippen LogP contribution in [0.2, 0.25) is 0 Å². The van der Waals surface area contributed by atoms with Gasteiger partial charge in [0.1, 0.15) is 5.75 Å². The maximum absolute atomic E-state index is 11.7. The highest BCUT2D eigenvalue weighted by Gasteiger charge is 2.02. The number of carbonyl (C=O) groups is 1. The number of hydrogen-bond donors (Lipinski definition) is 1. The van der Waals surface area contributed by atoms with Crippen molar-refractivity contribution in [3.63, 3.8) is 0 Å². The summed E-state index contributed by atoms with van der Waals surface area (Å²) >= 11 is 3.43. The third-order valence-electron chi connectivity index (χ3n) is 3.37. The molecule has 1 heterocycles. The molecule has 0 saturated heterocycles. The molecule has 0 radical (unpaired) electrons. The zero-order valence-corrected chi connectivity index (χ0v) is 14.7. The maximum atomic E-state index is 11.7. The average molecular weight is 380 g/mol. The van der Waals surface area contributed by atoms with Gasteiger partial charge in [0.25, 0.3) is 0 Å². The van der Waals surface area contributed by atoms with Gasteiger partial charge in [-0.2, -0.15) is 0 Å². The van der Waals surface area contributed by atoms with Crippen LogP contribution in [0.15, 0.2) is 47.5 Å². The van der Waals surface area contributed by atoms with Crippen LogP contribution >= 0.6 is 15.9 Å². The summed E-state index contributed by atoms with van der Waals surface area (Å²) in [6.07, 6.45) is 8.73. The van der Waals surface area contributed by atoms with Crippen molar-refractivity contribution in [3.05, 3.63) is 47.5 Å². The van der Waals surface area contributed by atoms with Gasteiger partial charge in [0, 0.05) is 31.9 Å².